The summed E-state index contributed by atoms with van der Waals surface area (Å²) in [5.74, 6) is -0.356. The summed E-state index contributed by atoms with van der Waals surface area (Å²) >= 11 is 6.54. The molecule has 202 valence electrons. The number of piperidine rings is 1. The number of hydrogen-bond acceptors (Lipinski definition) is 6. The number of amides is 2. The van der Waals surface area contributed by atoms with Gasteiger partial charge in [0.15, 0.2) is 5.66 Å². The third kappa shape index (κ3) is 6.83. The third-order valence-corrected chi connectivity index (χ3v) is 6.58. The number of nitrogens with one attached hydrogen (secondary N) is 3. The highest BCUT2D eigenvalue weighted by Crippen LogP contribution is 2.31. The molecule has 3 heterocycles. The summed E-state index contributed by atoms with van der Waals surface area (Å²) < 4.78 is 19.1. The molecule has 2 aromatic rings. The standard InChI is InChI=1S/C28H33ClFN5O3/c1-27(2,3)38-26(37)35-14-6-8-20(18-35)25(36)34-28(22-11-13-31-17-23(22)29)12-5-10-24(33-28)32-16-19-7-4-9-21(30)15-19/h4-5,7,9-13,15,17,20,32-33H,6,8,14,16,18H2,1-3H3,(H,34,36)/t20-,28?/m0/s1. The van der Waals surface area contributed by atoms with Crippen LogP contribution in [0.3, 0.4) is 0 Å². The zero-order valence-electron chi connectivity index (χ0n) is 21.8. The smallest absolute Gasteiger partial charge is 0.410 e. The minimum atomic E-state index is -1.18. The summed E-state index contributed by atoms with van der Waals surface area (Å²) in [5, 5.41) is 10.1. The SMILES string of the molecule is CC(C)(C)OC(=O)N1CCC[C@H](C(=O)NC2(c3ccncc3Cl)C=CC=C(NCc3cccc(F)c3)N2)C1. The van der Waals surface area contributed by atoms with Crippen molar-refractivity contribution in [1.29, 1.82) is 0 Å². The molecule has 38 heavy (non-hydrogen) atoms. The van der Waals surface area contributed by atoms with Crippen LogP contribution in [0.15, 0.2) is 66.8 Å². The Balaban J connectivity index is 1.52. The predicted molar refractivity (Wildman–Crippen MR) is 143 cm³/mol. The Labute approximate surface area is 227 Å². The number of likely N-dealkylation sites (tertiary alicyclic amines) is 1. The summed E-state index contributed by atoms with van der Waals surface area (Å²) in [7, 11) is 0. The van der Waals surface area contributed by atoms with Crippen LogP contribution in [0.4, 0.5) is 9.18 Å². The van der Waals surface area contributed by atoms with Crippen molar-refractivity contribution < 1.29 is 18.7 Å². The van der Waals surface area contributed by atoms with Crippen molar-refractivity contribution in [3.8, 4) is 0 Å². The van der Waals surface area contributed by atoms with Crippen LogP contribution < -0.4 is 16.0 Å². The maximum absolute atomic E-state index is 13.6. The fraction of sp³-hybridized carbons (Fsp3) is 0.393. The second-order valence-corrected chi connectivity index (χ2v) is 10.9. The van der Waals surface area contributed by atoms with Crippen LogP contribution in [0.25, 0.3) is 0 Å². The number of hydrogen-bond donors (Lipinski definition) is 3. The lowest BCUT2D eigenvalue weighted by molar-refractivity contribution is -0.128. The number of nitrogens with zero attached hydrogens (tertiary/aromatic N) is 2. The Morgan fingerprint density at radius 1 is 1.32 bits per heavy atom. The molecular weight excluding hydrogens is 509 g/mol. The fourth-order valence-corrected chi connectivity index (χ4v) is 4.77. The fourth-order valence-electron chi connectivity index (χ4n) is 4.50. The maximum Gasteiger partial charge on any atom is 0.410 e. The number of allylic oxidation sites excluding steroid dienone is 2. The minimum absolute atomic E-state index is 0.227. The van der Waals surface area contributed by atoms with E-state index in [1.165, 1.54) is 18.3 Å². The number of ether oxygens (including phenoxy) is 1. The number of pyridine rings is 1. The summed E-state index contributed by atoms with van der Waals surface area (Å²) in [4.78, 5) is 31.9. The maximum atomic E-state index is 13.6. The number of halogens is 2. The van der Waals surface area contributed by atoms with Gasteiger partial charge >= 0.3 is 6.09 Å². The summed E-state index contributed by atoms with van der Waals surface area (Å²) in [6.07, 6.45) is 9.47. The molecule has 1 aromatic heterocycles. The average Bonchev–Trinajstić information content (AvgIpc) is 2.87. The van der Waals surface area contributed by atoms with Crippen LogP contribution in [0.2, 0.25) is 5.02 Å². The highest BCUT2D eigenvalue weighted by atomic mass is 35.5. The molecule has 8 nitrogen and oxygen atoms in total. The average molecular weight is 542 g/mol. The zero-order valence-corrected chi connectivity index (χ0v) is 22.5. The molecule has 0 saturated carbocycles. The second-order valence-electron chi connectivity index (χ2n) is 10.5. The Bertz CT molecular complexity index is 1240. The van der Waals surface area contributed by atoms with Crippen molar-refractivity contribution in [3.05, 3.63) is 88.7 Å². The van der Waals surface area contributed by atoms with Crippen molar-refractivity contribution in [2.24, 2.45) is 5.92 Å². The predicted octanol–water partition coefficient (Wildman–Crippen LogP) is 4.58. The van der Waals surface area contributed by atoms with E-state index in [-0.39, 0.29) is 18.3 Å². The van der Waals surface area contributed by atoms with Gasteiger partial charge in [0, 0.05) is 37.6 Å². The molecule has 3 N–H and O–H groups in total. The van der Waals surface area contributed by atoms with E-state index < -0.39 is 23.3 Å². The number of aromatic nitrogens is 1. The molecule has 0 aliphatic carbocycles. The molecule has 0 spiro atoms. The highest BCUT2D eigenvalue weighted by molar-refractivity contribution is 6.31. The first kappa shape index (κ1) is 27.4. The van der Waals surface area contributed by atoms with Gasteiger partial charge in [-0.2, -0.15) is 0 Å². The van der Waals surface area contributed by atoms with Crippen LogP contribution in [-0.2, 0) is 21.7 Å². The number of rotatable bonds is 6. The monoisotopic (exact) mass is 541 g/mol. The van der Waals surface area contributed by atoms with Crippen molar-refractivity contribution >= 4 is 23.6 Å². The largest absolute Gasteiger partial charge is 0.444 e. The van der Waals surface area contributed by atoms with Gasteiger partial charge in [0.1, 0.15) is 17.2 Å². The molecule has 10 heteroatoms. The minimum Gasteiger partial charge on any atom is -0.444 e. The molecule has 4 rings (SSSR count). The van der Waals surface area contributed by atoms with Gasteiger partial charge in [-0.3, -0.25) is 9.78 Å². The van der Waals surface area contributed by atoms with Gasteiger partial charge in [0.05, 0.1) is 10.9 Å². The quantitative estimate of drug-likeness (QED) is 0.495. The van der Waals surface area contributed by atoms with Gasteiger partial charge < -0.3 is 25.6 Å². The van der Waals surface area contributed by atoms with Crippen molar-refractivity contribution in [2.75, 3.05) is 13.1 Å². The van der Waals surface area contributed by atoms with Crippen molar-refractivity contribution in [1.82, 2.24) is 25.8 Å². The van der Waals surface area contributed by atoms with Gasteiger partial charge in [-0.1, -0.05) is 29.8 Å². The van der Waals surface area contributed by atoms with E-state index in [4.69, 9.17) is 16.3 Å². The third-order valence-electron chi connectivity index (χ3n) is 6.27. The number of benzene rings is 1. The topological polar surface area (TPSA) is 95.6 Å². The van der Waals surface area contributed by atoms with E-state index in [1.807, 2.05) is 45.1 Å². The molecule has 2 aliphatic rings. The van der Waals surface area contributed by atoms with Gasteiger partial charge in [-0.15, -0.1) is 0 Å². The van der Waals surface area contributed by atoms with Crippen LogP contribution in [0.5, 0.6) is 0 Å². The van der Waals surface area contributed by atoms with Crippen LogP contribution in [0, 0.1) is 11.7 Å². The summed E-state index contributed by atoms with van der Waals surface area (Å²) in [5.41, 5.74) is -0.420. The molecule has 0 radical (unpaired) electrons. The van der Waals surface area contributed by atoms with E-state index in [0.29, 0.717) is 42.3 Å². The number of dihydropyridines is 1. The van der Waals surface area contributed by atoms with Crippen LogP contribution in [-0.4, -0.2) is 40.6 Å². The van der Waals surface area contributed by atoms with Gasteiger partial charge in [0.2, 0.25) is 5.91 Å². The molecule has 1 saturated heterocycles. The highest BCUT2D eigenvalue weighted by Gasteiger charge is 2.39. The lowest BCUT2D eigenvalue weighted by atomic mass is 9.93. The number of carbonyl (C=O) groups excluding carboxylic acids is 2. The van der Waals surface area contributed by atoms with E-state index in [0.717, 1.165) is 5.56 Å². The second kappa shape index (κ2) is 11.4. The molecule has 2 amide bonds. The van der Waals surface area contributed by atoms with Crippen LogP contribution in [0.1, 0.15) is 44.7 Å². The van der Waals surface area contributed by atoms with Crippen LogP contribution >= 0.6 is 11.6 Å². The Hall–Kier alpha value is -3.59. The molecule has 1 aromatic carbocycles. The summed E-state index contributed by atoms with van der Waals surface area (Å²) in [6, 6.07) is 8.07. The van der Waals surface area contributed by atoms with Crippen molar-refractivity contribution in [2.45, 2.75) is 51.4 Å². The molecule has 0 bridgehead atoms. The zero-order chi connectivity index (χ0) is 27.3. The Kier molecular flexibility index (Phi) is 8.26. The van der Waals surface area contributed by atoms with E-state index in [1.54, 1.807) is 23.2 Å². The first-order chi connectivity index (χ1) is 18.0. The lowest BCUT2D eigenvalue weighted by Crippen LogP contribution is -2.59. The van der Waals surface area contributed by atoms with Gasteiger partial charge in [-0.25, -0.2) is 9.18 Å². The molecule has 2 atom stereocenters. The van der Waals surface area contributed by atoms with Gasteiger partial charge in [0.25, 0.3) is 0 Å². The molecule has 2 aliphatic heterocycles. The van der Waals surface area contributed by atoms with E-state index >= 15 is 0 Å². The normalized spacial score (nSPS) is 21.2. The first-order valence-corrected chi connectivity index (χ1v) is 13.0. The Morgan fingerprint density at radius 2 is 2.13 bits per heavy atom. The van der Waals surface area contributed by atoms with Gasteiger partial charge in [-0.05, 0) is 69.5 Å². The molecule has 1 unspecified atom stereocenters. The number of carbonyl (C=O) groups is 2. The van der Waals surface area contributed by atoms with E-state index in [2.05, 4.69) is 20.9 Å². The van der Waals surface area contributed by atoms with E-state index in [9.17, 15) is 14.0 Å². The molecule has 1 fully saturated rings. The Morgan fingerprint density at radius 3 is 2.87 bits per heavy atom. The first-order valence-electron chi connectivity index (χ1n) is 12.6. The molecular formula is C28H33ClFN5O3. The van der Waals surface area contributed by atoms with Crippen molar-refractivity contribution in [3.63, 3.8) is 0 Å². The summed E-state index contributed by atoms with van der Waals surface area (Å²) in [6.45, 7) is 6.60. The lowest BCUT2D eigenvalue weighted by Gasteiger charge is -2.40.